The highest BCUT2D eigenvalue weighted by Gasteiger charge is 2.61. The van der Waals surface area contributed by atoms with E-state index in [0.717, 1.165) is 53.9 Å². The molecule has 2 heteroatoms. The van der Waals surface area contributed by atoms with Gasteiger partial charge in [-0.2, -0.15) is 0 Å². The largest absolute Gasteiger partial charge is 0.505 e. The minimum absolute atomic E-state index is 0.602. The van der Waals surface area contributed by atoms with Crippen molar-refractivity contribution in [2.75, 3.05) is 7.11 Å². The molecule has 0 aromatic carbocycles. The number of rotatable bonds is 5. The topological polar surface area (TPSA) is 9.23 Å². The fraction of sp³-hybridized carbons (Fsp3) is 0.917. The van der Waals surface area contributed by atoms with E-state index in [1.807, 2.05) is 6.26 Å². The van der Waals surface area contributed by atoms with Gasteiger partial charge < -0.3 is 4.74 Å². The van der Waals surface area contributed by atoms with Gasteiger partial charge in [-0.05, 0) is 59.2 Å². The van der Waals surface area contributed by atoms with Gasteiger partial charge in [0.2, 0.25) is 0 Å². The van der Waals surface area contributed by atoms with Crippen molar-refractivity contribution in [3.63, 3.8) is 0 Å². The van der Waals surface area contributed by atoms with Crippen molar-refractivity contribution < 1.29 is 4.74 Å². The van der Waals surface area contributed by atoms with Crippen LogP contribution in [-0.4, -0.2) is 13.8 Å². The SMILES string of the molecule is CO/C=C\CB([C@@H]1C[C@@H]2C[C@H]([C@H]1C)C2(C)C)[C@@H]1C[C@@H]2C[C@H]([C@H]1C)C2(C)C. The number of hydrogen-bond donors (Lipinski definition) is 0. The van der Waals surface area contributed by atoms with E-state index in [1.54, 1.807) is 7.11 Å². The lowest BCUT2D eigenvalue weighted by atomic mass is 9.20. The first-order valence-corrected chi connectivity index (χ1v) is 11.4. The molecule has 0 N–H and O–H groups in total. The van der Waals surface area contributed by atoms with Crippen LogP contribution in [0.5, 0.6) is 0 Å². The molecule has 6 rings (SSSR count). The number of allylic oxidation sites excluding steroid dienone is 1. The molecular formula is C24H41BO. The van der Waals surface area contributed by atoms with Crippen molar-refractivity contribution in [1.82, 2.24) is 0 Å². The molecule has 0 aliphatic heterocycles. The first kappa shape index (κ1) is 18.9. The van der Waals surface area contributed by atoms with Crippen molar-refractivity contribution in [3.05, 3.63) is 12.3 Å². The standard InChI is InChI=1S/C24H41BO/c1-15-19-11-17(23(19,3)4)13-21(15)25(9-8-10-26-7)22-14-18-12-20(16(22)2)24(18,5)6/h8,10,15-22H,9,11-14H2,1-7H3/b10-8-/t15-,16-,17+,18+,19-,20-,21-,22-/m1/s1. The summed E-state index contributed by atoms with van der Waals surface area (Å²) in [5.74, 6) is 7.54. The van der Waals surface area contributed by atoms with Crippen LogP contribution in [0.2, 0.25) is 18.0 Å². The summed E-state index contributed by atoms with van der Waals surface area (Å²) in [6, 6.07) is 0. The molecule has 0 unspecified atom stereocenters. The molecule has 0 saturated heterocycles. The van der Waals surface area contributed by atoms with Crippen LogP contribution in [0.15, 0.2) is 12.3 Å². The zero-order chi connectivity index (χ0) is 18.9. The highest BCUT2D eigenvalue weighted by atomic mass is 16.5. The molecule has 6 aliphatic rings. The highest BCUT2D eigenvalue weighted by Crippen LogP contribution is 2.69. The molecule has 8 atom stereocenters. The molecule has 6 saturated carbocycles. The van der Waals surface area contributed by atoms with Gasteiger partial charge in [0, 0.05) is 0 Å². The van der Waals surface area contributed by atoms with Gasteiger partial charge in [-0.1, -0.05) is 78.4 Å². The van der Waals surface area contributed by atoms with Crippen LogP contribution < -0.4 is 0 Å². The van der Waals surface area contributed by atoms with Crippen LogP contribution in [0.25, 0.3) is 0 Å². The normalized spacial score (nSPS) is 47.8. The molecule has 26 heavy (non-hydrogen) atoms. The van der Waals surface area contributed by atoms with Crippen molar-refractivity contribution in [3.8, 4) is 0 Å². The van der Waals surface area contributed by atoms with Gasteiger partial charge in [0.1, 0.15) is 0 Å². The fourth-order valence-corrected chi connectivity index (χ4v) is 8.49. The monoisotopic (exact) mass is 356 g/mol. The molecule has 6 fully saturated rings. The highest BCUT2D eigenvalue weighted by molar-refractivity contribution is 6.62. The Morgan fingerprint density at radius 2 is 1.31 bits per heavy atom. The summed E-state index contributed by atoms with van der Waals surface area (Å²) in [7, 11) is 1.79. The van der Waals surface area contributed by atoms with Crippen molar-refractivity contribution >= 4 is 6.71 Å². The summed E-state index contributed by atoms with van der Waals surface area (Å²) < 4.78 is 5.27. The van der Waals surface area contributed by atoms with Gasteiger partial charge in [0.25, 0.3) is 0 Å². The van der Waals surface area contributed by atoms with E-state index in [1.165, 1.54) is 32.0 Å². The minimum atomic E-state index is 0.602. The Labute approximate surface area is 162 Å². The van der Waals surface area contributed by atoms with Crippen LogP contribution in [-0.2, 0) is 4.74 Å². The third kappa shape index (κ3) is 2.56. The first-order valence-electron chi connectivity index (χ1n) is 11.4. The molecular weight excluding hydrogens is 315 g/mol. The lowest BCUT2D eigenvalue weighted by Crippen LogP contribution is -2.59. The van der Waals surface area contributed by atoms with Gasteiger partial charge in [-0.25, -0.2) is 0 Å². The van der Waals surface area contributed by atoms with Gasteiger partial charge in [-0.3, -0.25) is 0 Å². The van der Waals surface area contributed by atoms with Crippen LogP contribution in [0, 0.1) is 46.3 Å². The molecule has 0 radical (unpaired) electrons. The molecule has 4 bridgehead atoms. The molecule has 6 aliphatic carbocycles. The second kappa shape index (κ2) is 6.31. The lowest BCUT2D eigenvalue weighted by Gasteiger charge is -2.66. The average molecular weight is 356 g/mol. The van der Waals surface area contributed by atoms with Gasteiger partial charge >= 0.3 is 0 Å². The zero-order valence-corrected chi connectivity index (χ0v) is 18.3. The van der Waals surface area contributed by atoms with E-state index in [0.29, 0.717) is 10.8 Å². The van der Waals surface area contributed by atoms with Crippen molar-refractivity contribution in [1.29, 1.82) is 0 Å². The van der Waals surface area contributed by atoms with Crippen LogP contribution in [0.3, 0.4) is 0 Å². The smallest absolute Gasteiger partial charge is 0.150 e. The zero-order valence-electron chi connectivity index (χ0n) is 18.3. The maximum atomic E-state index is 5.27. The van der Waals surface area contributed by atoms with E-state index in [-0.39, 0.29) is 0 Å². The van der Waals surface area contributed by atoms with Gasteiger partial charge in [0.05, 0.1) is 13.4 Å². The van der Waals surface area contributed by atoms with Crippen molar-refractivity contribution in [2.45, 2.75) is 85.2 Å². The second-order valence-electron chi connectivity index (χ2n) is 11.7. The molecule has 0 amide bonds. The molecule has 0 aromatic heterocycles. The van der Waals surface area contributed by atoms with E-state index < -0.39 is 0 Å². The first-order chi connectivity index (χ1) is 12.2. The Morgan fingerprint density at radius 1 is 0.846 bits per heavy atom. The van der Waals surface area contributed by atoms with Gasteiger partial charge in [0.15, 0.2) is 6.71 Å². The van der Waals surface area contributed by atoms with E-state index in [2.05, 4.69) is 47.6 Å². The Morgan fingerprint density at radius 3 is 1.65 bits per heavy atom. The molecule has 0 aromatic rings. The molecule has 0 heterocycles. The van der Waals surface area contributed by atoms with Gasteiger partial charge in [-0.15, -0.1) is 0 Å². The predicted octanol–water partition coefficient (Wildman–Crippen LogP) is 6.79. The molecule has 1 nitrogen and oxygen atoms in total. The van der Waals surface area contributed by atoms with Crippen molar-refractivity contribution in [2.24, 2.45) is 46.3 Å². The van der Waals surface area contributed by atoms with E-state index >= 15 is 0 Å². The molecule has 146 valence electrons. The Kier molecular flexibility index (Phi) is 4.60. The average Bonchev–Trinajstić information content (AvgIpc) is 2.59. The fourth-order valence-electron chi connectivity index (χ4n) is 8.49. The summed E-state index contributed by atoms with van der Waals surface area (Å²) in [5, 5.41) is 0. The summed E-state index contributed by atoms with van der Waals surface area (Å²) in [6.45, 7) is 16.2. The summed E-state index contributed by atoms with van der Waals surface area (Å²) in [6.07, 6.45) is 11.5. The number of ether oxygens (including phenoxy) is 1. The maximum Gasteiger partial charge on any atom is 0.150 e. The second-order valence-corrected chi connectivity index (χ2v) is 11.7. The number of hydrogen-bond acceptors (Lipinski definition) is 1. The number of fused-ring (bicyclic) bond motifs is 4. The lowest BCUT2D eigenvalue weighted by molar-refractivity contribution is -0.107. The predicted molar refractivity (Wildman–Crippen MR) is 113 cm³/mol. The van der Waals surface area contributed by atoms with E-state index in [9.17, 15) is 0 Å². The summed E-state index contributed by atoms with van der Waals surface area (Å²) in [5.41, 5.74) is 1.20. The minimum Gasteiger partial charge on any atom is -0.505 e. The molecule has 0 spiro atoms. The number of methoxy groups -OCH3 is 1. The summed E-state index contributed by atoms with van der Waals surface area (Å²) >= 11 is 0. The summed E-state index contributed by atoms with van der Waals surface area (Å²) in [4.78, 5) is 0. The quantitative estimate of drug-likeness (QED) is 0.389. The van der Waals surface area contributed by atoms with Crippen LogP contribution in [0.4, 0.5) is 0 Å². The van der Waals surface area contributed by atoms with E-state index in [4.69, 9.17) is 4.74 Å². The Hall–Kier alpha value is -0.395. The van der Waals surface area contributed by atoms with Crippen LogP contribution >= 0.6 is 0 Å². The Balaban J connectivity index is 1.55. The van der Waals surface area contributed by atoms with Crippen LogP contribution in [0.1, 0.15) is 67.2 Å². The maximum absolute atomic E-state index is 5.27. The third-order valence-corrected chi connectivity index (χ3v) is 10.6. The third-order valence-electron chi connectivity index (χ3n) is 10.6. The Bertz CT molecular complexity index is 523.